The Morgan fingerprint density at radius 1 is 1.26 bits per heavy atom. The van der Waals surface area contributed by atoms with Crippen molar-refractivity contribution in [1.82, 2.24) is 10.5 Å². The highest BCUT2D eigenvalue weighted by Gasteiger charge is 2.27. The minimum atomic E-state index is -0.972. The van der Waals surface area contributed by atoms with Crippen LogP contribution in [0.5, 0.6) is 0 Å². The van der Waals surface area contributed by atoms with Gasteiger partial charge in [-0.2, -0.15) is 0 Å². The normalized spacial score (nSPS) is 12.8. The minimum absolute atomic E-state index is 0.0264. The molecular weight excluding hydrogens is 424 g/mol. The Morgan fingerprint density at radius 3 is 2.58 bits per heavy atom. The van der Waals surface area contributed by atoms with E-state index in [0.29, 0.717) is 16.8 Å². The van der Waals surface area contributed by atoms with Gasteiger partial charge in [0, 0.05) is 23.2 Å². The summed E-state index contributed by atoms with van der Waals surface area (Å²) in [7, 11) is 0. The molecule has 2 N–H and O–H groups in total. The van der Waals surface area contributed by atoms with Crippen molar-refractivity contribution in [3.05, 3.63) is 83.2 Å². The first kappa shape index (κ1) is 22.5. The Hall–Kier alpha value is -3.17. The van der Waals surface area contributed by atoms with E-state index in [1.807, 2.05) is 0 Å². The number of hydrogen-bond acceptors (Lipinski definition) is 5. The predicted octanol–water partition coefficient (Wildman–Crippen LogP) is 4.29. The number of anilines is 1. The molecule has 9 heteroatoms. The number of halogens is 2. The molecule has 2 aromatic carbocycles. The van der Waals surface area contributed by atoms with Gasteiger partial charge in [-0.05, 0) is 56.8 Å². The highest BCUT2D eigenvalue weighted by atomic mass is 32.1. The summed E-state index contributed by atoms with van der Waals surface area (Å²) >= 11 is 5.40. The molecule has 1 unspecified atom stereocenters. The molecule has 3 rings (SSSR count). The lowest BCUT2D eigenvalue weighted by Crippen LogP contribution is -2.48. The van der Waals surface area contributed by atoms with Crippen LogP contribution < -0.4 is 10.2 Å². The average molecular weight is 445 g/mol. The second-order valence-electron chi connectivity index (χ2n) is 7.05. The molecule has 1 heterocycles. The fourth-order valence-electron chi connectivity index (χ4n) is 3.22. The molecule has 0 radical (unpaired) electrons. The van der Waals surface area contributed by atoms with E-state index in [9.17, 15) is 18.7 Å². The standard InChI is InChI=1S/C22H21F2N3O3S/c1-13(10-20(28)17-12-30-26-14(17)2)27(19-9-8-16(23)11-18(19)24)22(31)25-21(29)15-6-4-3-5-7-15/h3-9,11-13,20,28H,10H2,1-2H3,(H,25,29,31)/t13?,20-/m1/s1. The van der Waals surface area contributed by atoms with Gasteiger partial charge >= 0.3 is 0 Å². The smallest absolute Gasteiger partial charge is 0.257 e. The summed E-state index contributed by atoms with van der Waals surface area (Å²) in [5.74, 6) is -2.06. The van der Waals surface area contributed by atoms with Crippen LogP contribution in [0.15, 0.2) is 59.3 Å². The van der Waals surface area contributed by atoms with Crippen LogP contribution in [-0.4, -0.2) is 27.3 Å². The number of aliphatic hydroxyl groups is 1. The maximum Gasteiger partial charge on any atom is 0.257 e. The number of carbonyl (C=O) groups excluding carboxylic acids is 1. The fourth-order valence-corrected chi connectivity index (χ4v) is 3.59. The molecule has 0 aliphatic carbocycles. The van der Waals surface area contributed by atoms with Crippen molar-refractivity contribution in [2.24, 2.45) is 0 Å². The molecule has 0 saturated carbocycles. The minimum Gasteiger partial charge on any atom is -0.388 e. The van der Waals surface area contributed by atoms with Gasteiger partial charge in [0.25, 0.3) is 5.91 Å². The lowest BCUT2D eigenvalue weighted by atomic mass is 10.0. The van der Waals surface area contributed by atoms with Gasteiger partial charge in [0.1, 0.15) is 17.9 Å². The third-order valence-corrected chi connectivity index (χ3v) is 5.09. The van der Waals surface area contributed by atoms with E-state index in [2.05, 4.69) is 10.5 Å². The van der Waals surface area contributed by atoms with Crippen molar-refractivity contribution in [1.29, 1.82) is 0 Å². The first-order valence-electron chi connectivity index (χ1n) is 9.51. The lowest BCUT2D eigenvalue weighted by Gasteiger charge is -2.33. The number of nitrogens with one attached hydrogen (secondary N) is 1. The van der Waals surface area contributed by atoms with Gasteiger partial charge in [-0.25, -0.2) is 8.78 Å². The Morgan fingerprint density at radius 2 is 1.97 bits per heavy atom. The number of nitrogens with zero attached hydrogens (tertiary/aromatic N) is 2. The summed E-state index contributed by atoms with van der Waals surface area (Å²) in [6, 6.07) is 10.9. The van der Waals surface area contributed by atoms with Crippen molar-refractivity contribution in [3.8, 4) is 0 Å². The van der Waals surface area contributed by atoms with Crippen LogP contribution in [0, 0.1) is 18.6 Å². The highest BCUT2D eigenvalue weighted by Crippen LogP contribution is 2.28. The largest absolute Gasteiger partial charge is 0.388 e. The molecule has 0 aliphatic heterocycles. The van der Waals surface area contributed by atoms with E-state index in [-0.39, 0.29) is 17.2 Å². The number of rotatable bonds is 6. The maximum atomic E-state index is 14.6. The lowest BCUT2D eigenvalue weighted by molar-refractivity contribution is 0.0977. The molecule has 162 valence electrons. The molecule has 31 heavy (non-hydrogen) atoms. The number of hydrogen-bond donors (Lipinski definition) is 2. The first-order valence-corrected chi connectivity index (χ1v) is 9.92. The highest BCUT2D eigenvalue weighted by molar-refractivity contribution is 7.80. The summed E-state index contributed by atoms with van der Waals surface area (Å²) in [6.45, 7) is 3.39. The second-order valence-corrected chi connectivity index (χ2v) is 7.43. The van der Waals surface area contributed by atoms with Crippen LogP contribution in [-0.2, 0) is 0 Å². The summed E-state index contributed by atoms with van der Waals surface area (Å²) in [5.41, 5.74) is 1.36. The predicted molar refractivity (Wildman–Crippen MR) is 116 cm³/mol. The van der Waals surface area contributed by atoms with E-state index < -0.39 is 29.7 Å². The number of carbonyl (C=O) groups is 1. The van der Waals surface area contributed by atoms with Crippen molar-refractivity contribution in [3.63, 3.8) is 0 Å². The Kier molecular flexibility index (Phi) is 7.09. The zero-order valence-corrected chi connectivity index (χ0v) is 17.7. The van der Waals surface area contributed by atoms with Crippen molar-refractivity contribution in [2.75, 3.05) is 4.90 Å². The van der Waals surface area contributed by atoms with Crippen LogP contribution in [0.2, 0.25) is 0 Å². The number of benzene rings is 2. The Bertz CT molecular complexity index is 1070. The van der Waals surface area contributed by atoms with E-state index in [4.69, 9.17) is 16.7 Å². The molecule has 0 spiro atoms. The number of aryl methyl sites for hydroxylation is 1. The second kappa shape index (κ2) is 9.76. The Labute approximate surface area is 183 Å². The number of aliphatic hydroxyl groups excluding tert-OH is 1. The summed E-state index contributed by atoms with van der Waals surface area (Å²) < 4.78 is 32.9. The van der Waals surface area contributed by atoms with Gasteiger partial charge < -0.3 is 14.5 Å². The number of amides is 1. The summed E-state index contributed by atoms with van der Waals surface area (Å²) in [5, 5.41) is 16.8. The molecule has 0 saturated heterocycles. The fraction of sp³-hybridized carbons (Fsp3) is 0.227. The molecule has 6 nitrogen and oxygen atoms in total. The SMILES string of the molecule is Cc1nocc1[C@H](O)CC(C)N(C(=S)NC(=O)c1ccccc1)c1ccc(F)cc1F. The van der Waals surface area contributed by atoms with Crippen molar-refractivity contribution in [2.45, 2.75) is 32.4 Å². The molecule has 1 aromatic heterocycles. The van der Waals surface area contributed by atoms with Crippen LogP contribution in [0.25, 0.3) is 0 Å². The van der Waals surface area contributed by atoms with E-state index in [0.717, 1.165) is 12.1 Å². The Balaban J connectivity index is 1.87. The van der Waals surface area contributed by atoms with Crippen LogP contribution in [0.4, 0.5) is 14.5 Å². The van der Waals surface area contributed by atoms with E-state index in [1.54, 1.807) is 44.2 Å². The molecule has 0 aliphatic rings. The van der Waals surface area contributed by atoms with Crippen LogP contribution in [0.3, 0.4) is 0 Å². The van der Waals surface area contributed by atoms with E-state index in [1.165, 1.54) is 17.2 Å². The third kappa shape index (κ3) is 5.31. The number of thiocarbonyl (C=S) groups is 1. The molecule has 0 bridgehead atoms. The number of aromatic nitrogens is 1. The summed E-state index contributed by atoms with van der Waals surface area (Å²) in [4.78, 5) is 13.9. The third-order valence-electron chi connectivity index (χ3n) is 4.80. The van der Waals surface area contributed by atoms with Gasteiger partial charge in [0.05, 0.1) is 17.5 Å². The maximum absolute atomic E-state index is 14.6. The van der Waals surface area contributed by atoms with Gasteiger partial charge in [-0.3, -0.25) is 10.1 Å². The molecular formula is C22H21F2N3O3S. The monoisotopic (exact) mass is 445 g/mol. The van der Waals surface area contributed by atoms with Crippen LogP contribution in [0.1, 0.15) is 41.1 Å². The topological polar surface area (TPSA) is 78.6 Å². The molecule has 1 amide bonds. The zero-order chi connectivity index (χ0) is 22.5. The first-order chi connectivity index (χ1) is 14.8. The summed E-state index contributed by atoms with van der Waals surface area (Å²) in [6.07, 6.45) is 0.477. The van der Waals surface area contributed by atoms with Crippen molar-refractivity contribution < 1.29 is 23.2 Å². The van der Waals surface area contributed by atoms with Crippen molar-refractivity contribution >= 4 is 28.9 Å². The quantitative estimate of drug-likeness (QED) is 0.551. The molecule has 0 fully saturated rings. The average Bonchev–Trinajstić information content (AvgIpc) is 3.16. The molecule has 3 aromatic rings. The van der Waals surface area contributed by atoms with Crippen LogP contribution >= 0.6 is 12.2 Å². The van der Waals surface area contributed by atoms with Gasteiger partial charge in [0.15, 0.2) is 5.11 Å². The van der Waals surface area contributed by atoms with Gasteiger partial charge in [-0.1, -0.05) is 23.4 Å². The van der Waals surface area contributed by atoms with Gasteiger partial charge in [0.2, 0.25) is 0 Å². The molecule has 2 atom stereocenters. The van der Waals surface area contributed by atoms with E-state index >= 15 is 0 Å². The van der Waals surface area contributed by atoms with Gasteiger partial charge in [-0.15, -0.1) is 0 Å². The zero-order valence-electron chi connectivity index (χ0n) is 16.9.